The molecule has 1 N–H and O–H groups in total. The fourth-order valence-corrected chi connectivity index (χ4v) is 0.998. The van der Waals surface area contributed by atoms with Gasteiger partial charge in [0.15, 0.2) is 6.04 Å². The third-order valence-corrected chi connectivity index (χ3v) is 1.64. The Morgan fingerprint density at radius 3 is 2.85 bits per heavy atom. The predicted molar refractivity (Wildman–Crippen MR) is 44.8 cm³/mol. The Hall–Kier alpha value is -1.43. The molecule has 1 unspecified atom stereocenters. The number of rotatable bonds is 3. The van der Waals surface area contributed by atoms with E-state index in [2.05, 4.69) is 20.3 Å². The first-order valence-electron chi connectivity index (χ1n) is 3.80. The highest BCUT2D eigenvalue weighted by Gasteiger charge is 2.21. The summed E-state index contributed by atoms with van der Waals surface area (Å²) in [6, 6.07) is -0.543. The number of likely N-dealkylation sites (N-methyl/N-ethyl adjacent to an activating group) is 1. The molecule has 0 aliphatic carbocycles. The second kappa shape index (κ2) is 3.99. The monoisotopic (exact) mass is 184 g/mol. The topological polar surface area (TPSA) is 69.0 Å². The van der Waals surface area contributed by atoms with Crippen molar-refractivity contribution in [3.8, 4) is 0 Å². The van der Waals surface area contributed by atoms with Gasteiger partial charge in [-0.05, 0) is 7.05 Å². The number of carbonyl (C=O) groups is 1. The summed E-state index contributed by atoms with van der Waals surface area (Å²) in [5.74, 6) is -0.372. The number of nitrogens with zero attached hydrogens (tertiary/aromatic N) is 3. The van der Waals surface area contributed by atoms with Gasteiger partial charge < -0.3 is 10.1 Å². The first-order valence-corrected chi connectivity index (χ1v) is 3.80. The Bertz CT molecular complexity index is 296. The van der Waals surface area contributed by atoms with E-state index in [9.17, 15) is 4.79 Å². The van der Waals surface area contributed by atoms with Crippen LogP contribution in [0.3, 0.4) is 0 Å². The summed E-state index contributed by atoms with van der Waals surface area (Å²) < 4.78 is 4.59. The highest BCUT2D eigenvalue weighted by atomic mass is 16.5. The van der Waals surface area contributed by atoms with Crippen molar-refractivity contribution in [3.05, 3.63) is 11.9 Å². The maximum Gasteiger partial charge on any atom is 0.329 e. The summed E-state index contributed by atoms with van der Waals surface area (Å²) in [6.07, 6.45) is 1.53. The van der Waals surface area contributed by atoms with Crippen LogP contribution < -0.4 is 5.32 Å². The molecule has 13 heavy (non-hydrogen) atoms. The van der Waals surface area contributed by atoms with Crippen LogP contribution in [0.1, 0.15) is 11.7 Å². The van der Waals surface area contributed by atoms with Gasteiger partial charge in [-0.1, -0.05) is 0 Å². The maximum atomic E-state index is 11.2. The van der Waals surface area contributed by atoms with E-state index in [0.29, 0.717) is 5.69 Å². The van der Waals surface area contributed by atoms with E-state index in [-0.39, 0.29) is 5.97 Å². The summed E-state index contributed by atoms with van der Waals surface area (Å²) in [6.45, 7) is 0. The van der Waals surface area contributed by atoms with Crippen molar-refractivity contribution in [2.75, 3.05) is 14.2 Å². The van der Waals surface area contributed by atoms with Crippen molar-refractivity contribution in [1.82, 2.24) is 20.3 Å². The van der Waals surface area contributed by atoms with Crippen LogP contribution in [0.5, 0.6) is 0 Å². The lowest BCUT2D eigenvalue weighted by atomic mass is 10.2. The molecule has 0 spiro atoms. The van der Waals surface area contributed by atoms with Crippen LogP contribution in [0.4, 0.5) is 0 Å². The van der Waals surface area contributed by atoms with Gasteiger partial charge in [0.05, 0.1) is 13.3 Å². The molecule has 0 fully saturated rings. The summed E-state index contributed by atoms with van der Waals surface area (Å²) in [7, 11) is 4.69. The van der Waals surface area contributed by atoms with Crippen molar-refractivity contribution in [2.45, 2.75) is 6.04 Å². The number of nitrogens with one attached hydrogen (secondary N) is 1. The van der Waals surface area contributed by atoms with Crippen LogP contribution in [-0.4, -0.2) is 35.1 Å². The second-order valence-corrected chi connectivity index (χ2v) is 2.50. The molecule has 0 aliphatic rings. The number of carbonyl (C=O) groups excluding carboxylic acids is 1. The zero-order valence-corrected chi connectivity index (χ0v) is 7.81. The lowest BCUT2D eigenvalue weighted by Gasteiger charge is -2.09. The highest BCUT2D eigenvalue weighted by Crippen LogP contribution is 2.08. The molecule has 0 bridgehead atoms. The summed E-state index contributed by atoms with van der Waals surface area (Å²) >= 11 is 0. The largest absolute Gasteiger partial charge is 0.468 e. The van der Waals surface area contributed by atoms with Gasteiger partial charge >= 0.3 is 5.97 Å². The number of hydrogen-bond acceptors (Lipinski definition) is 5. The smallest absolute Gasteiger partial charge is 0.329 e. The molecule has 0 saturated carbocycles. The standard InChI is InChI=1S/C7H12N4O2/c1-8-6(7(12)13-3)5-4-9-11(2)10-5/h4,6,8H,1-3H3. The molecule has 0 aliphatic heterocycles. The highest BCUT2D eigenvalue weighted by molar-refractivity contribution is 5.76. The first kappa shape index (κ1) is 9.66. The van der Waals surface area contributed by atoms with Gasteiger partial charge in [-0.3, -0.25) is 0 Å². The van der Waals surface area contributed by atoms with Crippen molar-refractivity contribution in [3.63, 3.8) is 0 Å². The molecule has 0 aromatic carbocycles. The van der Waals surface area contributed by atoms with Crippen molar-refractivity contribution >= 4 is 5.97 Å². The third-order valence-electron chi connectivity index (χ3n) is 1.64. The van der Waals surface area contributed by atoms with Crippen LogP contribution in [-0.2, 0) is 16.6 Å². The second-order valence-electron chi connectivity index (χ2n) is 2.50. The lowest BCUT2D eigenvalue weighted by molar-refractivity contribution is -0.143. The Morgan fingerprint density at radius 1 is 1.77 bits per heavy atom. The van der Waals surface area contributed by atoms with E-state index in [0.717, 1.165) is 0 Å². The Labute approximate surface area is 75.9 Å². The molecule has 0 saturated heterocycles. The zero-order chi connectivity index (χ0) is 9.84. The van der Waals surface area contributed by atoms with Crippen molar-refractivity contribution in [2.24, 2.45) is 7.05 Å². The van der Waals surface area contributed by atoms with Crippen LogP contribution in [0.15, 0.2) is 6.20 Å². The molecular weight excluding hydrogens is 172 g/mol. The molecule has 1 heterocycles. The molecular formula is C7H12N4O2. The molecule has 0 radical (unpaired) electrons. The molecule has 0 amide bonds. The number of methoxy groups -OCH3 is 1. The number of ether oxygens (including phenoxy) is 1. The fourth-order valence-electron chi connectivity index (χ4n) is 0.998. The Balaban J connectivity index is 2.84. The van der Waals surface area contributed by atoms with Crippen LogP contribution in [0.25, 0.3) is 0 Å². The van der Waals surface area contributed by atoms with Crippen molar-refractivity contribution < 1.29 is 9.53 Å². The molecule has 1 aromatic rings. The molecule has 6 nitrogen and oxygen atoms in total. The van der Waals surface area contributed by atoms with Crippen LogP contribution in [0.2, 0.25) is 0 Å². The van der Waals surface area contributed by atoms with E-state index < -0.39 is 6.04 Å². The Morgan fingerprint density at radius 2 is 2.46 bits per heavy atom. The van der Waals surface area contributed by atoms with Gasteiger partial charge in [-0.25, -0.2) is 4.79 Å². The van der Waals surface area contributed by atoms with Crippen molar-refractivity contribution in [1.29, 1.82) is 0 Å². The van der Waals surface area contributed by atoms with E-state index in [4.69, 9.17) is 0 Å². The van der Waals surface area contributed by atoms with Crippen LogP contribution >= 0.6 is 0 Å². The van der Waals surface area contributed by atoms with Gasteiger partial charge in [0.1, 0.15) is 5.69 Å². The molecule has 72 valence electrons. The van der Waals surface area contributed by atoms with E-state index >= 15 is 0 Å². The third kappa shape index (κ3) is 2.03. The van der Waals surface area contributed by atoms with Gasteiger partial charge in [0.2, 0.25) is 0 Å². The summed E-state index contributed by atoms with van der Waals surface area (Å²) in [5.41, 5.74) is 0.553. The average Bonchev–Trinajstić information content (AvgIpc) is 2.53. The SMILES string of the molecule is CNC(C(=O)OC)c1cnn(C)n1. The minimum Gasteiger partial charge on any atom is -0.468 e. The Kier molecular flexibility index (Phi) is 2.97. The summed E-state index contributed by atoms with van der Waals surface area (Å²) in [4.78, 5) is 12.6. The zero-order valence-electron chi connectivity index (χ0n) is 7.81. The maximum absolute atomic E-state index is 11.2. The van der Waals surface area contributed by atoms with E-state index in [1.807, 2.05) is 0 Å². The molecule has 1 aromatic heterocycles. The quantitative estimate of drug-likeness (QED) is 0.626. The van der Waals surface area contributed by atoms with E-state index in [1.165, 1.54) is 18.1 Å². The lowest BCUT2D eigenvalue weighted by Crippen LogP contribution is -2.26. The molecule has 1 atom stereocenters. The minimum atomic E-state index is -0.543. The van der Waals surface area contributed by atoms with Gasteiger partial charge in [-0.2, -0.15) is 15.0 Å². The van der Waals surface area contributed by atoms with E-state index in [1.54, 1.807) is 14.1 Å². The average molecular weight is 184 g/mol. The van der Waals surface area contributed by atoms with Gasteiger partial charge in [-0.15, -0.1) is 0 Å². The number of esters is 1. The summed E-state index contributed by atoms with van der Waals surface area (Å²) in [5, 5.41) is 10.6. The number of hydrogen-bond donors (Lipinski definition) is 1. The number of aromatic nitrogens is 3. The molecule has 1 rings (SSSR count). The van der Waals surface area contributed by atoms with Gasteiger partial charge in [0.25, 0.3) is 0 Å². The fraction of sp³-hybridized carbons (Fsp3) is 0.571. The van der Waals surface area contributed by atoms with Crippen LogP contribution in [0, 0.1) is 0 Å². The minimum absolute atomic E-state index is 0.372. The molecule has 6 heteroatoms. The number of aryl methyl sites for hydroxylation is 1. The predicted octanol–water partition coefficient (Wildman–Crippen LogP) is -0.751. The van der Waals surface area contributed by atoms with Gasteiger partial charge in [0, 0.05) is 7.05 Å². The normalized spacial score (nSPS) is 12.5. The first-order chi connectivity index (χ1) is 6.19.